The van der Waals surface area contributed by atoms with Crippen LogP contribution in [0.5, 0.6) is 0 Å². The van der Waals surface area contributed by atoms with Gasteiger partial charge in [-0.2, -0.15) is 0 Å². The molecule has 0 aliphatic heterocycles. The molecule has 180 valence electrons. The number of fused-ring (bicyclic) bond motifs is 1. The molecule has 0 aliphatic rings. The van der Waals surface area contributed by atoms with Crippen LogP contribution in [0.4, 0.5) is 5.69 Å². The molecule has 0 aliphatic carbocycles. The number of aryl methyl sites for hydroxylation is 1. The minimum Gasteiger partial charge on any atom is -0.467 e. The van der Waals surface area contributed by atoms with Crippen LogP contribution < -0.4 is 21.9 Å². The normalized spacial score (nSPS) is 10.9. The zero-order valence-electron chi connectivity index (χ0n) is 19.3. The van der Waals surface area contributed by atoms with E-state index in [0.29, 0.717) is 22.4 Å². The second-order valence-electron chi connectivity index (χ2n) is 8.05. The number of benzene rings is 2. The summed E-state index contributed by atoms with van der Waals surface area (Å²) in [5, 5.41) is 5.78. The number of furan rings is 1. The summed E-state index contributed by atoms with van der Waals surface area (Å²) < 4.78 is 7.43. The molecule has 0 radical (unpaired) electrons. The Balaban J connectivity index is 1.54. The second-order valence-corrected chi connectivity index (χ2v) is 8.05. The third-order valence-electron chi connectivity index (χ3n) is 5.68. The van der Waals surface area contributed by atoms with Gasteiger partial charge in [-0.05, 0) is 48.4 Å². The van der Waals surface area contributed by atoms with Gasteiger partial charge in [0.1, 0.15) is 12.3 Å². The molecule has 0 fully saturated rings. The summed E-state index contributed by atoms with van der Waals surface area (Å²) in [5.41, 5.74) is 0.967. The number of amides is 2. The van der Waals surface area contributed by atoms with E-state index in [-0.39, 0.29) is 32.0 Å². The van der Waals surface area contributed by atoms with E-state index in [0.717, 1.165) is 16.6 Å². The SMILES string of the molecule is CCc1ccc(NC(=O)Cn2c(=O)n(CCC(=O)NCc3ccco3)c(=O)c3ccccc32)cc1. The third kappa shape index (κ3) is 5.57. The van der Waals surface area contributed by atoms with Gasteiger partial charge in [0.25, 0.3) is 5.56 Å². The Bertz CT molecular complexity index is 1450. The number of hydrogen-bond acceptors (Lipinski definition) is 5. The maximum absolute atomic E-state index is 13.2. The number of carbonyl (C=O) groups is 2. The van der Waals surface area contributed by atoms with E-state index in [1.165, 1.54) is 10.8 Å². The number of para-hydroxylation sites is 1. The second kappa shape index (κ2) is 10.7. The molecule has 35 heavy (non-hydrogen) atoms. The number of rotatable bonds is 9. The van der Waals surface area contributed by atoms with Crippen molar-refractivity contribution in [2.24, 2.45) is 0 Å². The van der Waals surface area contributed by atoms with Crippen LogP contribution in [-0.2, 0) is 35.6 Å². The number of hydrogen-bond donors (Lipinski definition) is 2. The first-order valence-corrected chi connectivity index (χ1v) is 11.4. The highest BCUT2D eigenvalue weighted by Crippen LogP contribution is 2.11. The van der Waals surface area contributed by atoms with Gasteiger partial charge in [-0.25, -0.2) is 4.79 Å². The van der Waals surface area contributed by atoms with Crippen LogP contribution in [0, 0.1) is 0 Å². The Morgan fingerprint density at radius 3 is 2.40 bits per heavy atom. The molecule has 0 unspecified atom stereocenters. The first-order chi connectivity index (χ1) is 17.0. The average molecular weight is 475 g/mol. The van der Waals surface area contributed by atoms with Crippen molar-refractivity contribution in [1.29, 1.82) is 0 Å². The van der Waals surface area contributed by atoms with Crippen molar-refractivity contribution in [3.63, 3.8) is 0 Å². The summed E-state index contributed by atoms with van der Waals surface area (Å²) in [6.07, 6.45) is 2.32. The van der Waals surface area contributed by atoms with Crippen LogP contribution in [0.3, 0.4) is 0 Å². The fourth-order valence-corrected chi connectivity index (χ4v) is 3.79. The fourth-order valence-electron chi connectivity index (χ4n) is 3.79. The molecule has 0 atom stereocenters. The van der Waals surface area contributed by atoms with Gasteiger partial charge >= 0.3 is 5.69 Å². The summed E-state index contributed by atoms with van der Waals surface area (Å²) in [4.78, 5) is 51.3. The van der Waals surface area contributed by atoms with Crippen molar-refractivity contribution >= 4 is 28.4 Å². The summed E-state index contributed by atoms with van der Waals surface area (Å²) in [6.45, 7) is 1.86. The van der Waals surface area contributed by atoms with Gasteiger partial charge < -0.3 is 15.1 Å². The minimum atomic E-state index is -0.649. The highest BCUT2D eigenvalue weighted by Gasteiger charge is 2.16. The number of anilines is 1. The smallest absolute Gasteiger partial charge is 0.331 e. The summed E-state index contributed by atoms with van der Waals surface area (Å²) in [7, 11) is 0. The maximum Gasteiger partial charge on any atom is 0.331 e. The quantitative estimate of drug-likeness (QED) is 0.387. The topological polar surface area (TPSA) is 115 Å². The molecular formula is C26H26N4O5. The molecule has 9 heteroatoms. The van der Waals surface area contributed by atoms with Crippen LogP contribution in [0.1, 0.15) is 24.7 Å². The van der Waals surface area contributed by atoms with Gasteiger partial charge in [-0.3, -0.25) is 23.5 Å². The van der Waals surface area contributed by atoms with E-state index >= 15 is 0 Å². The first-order valence-electron chi connectivity index (χ1n) is 11.4. The summed E-state index contributed by atoms with van der Waals surface area (Å²) in [6, 6.07) is 17.5. The number of nitrogens with zero attached hydrogens (tertiary/aromatic N) is 2. The van der Waals surface area contributed by atoms with Crippen LogP contribution in [0.25, 0.3) is 10.9 Å². The Morgan fingerprint density at radius 2 is 1.69 bits per heavy atom. The maximum atomic E-state index is 13.2. The van der Waals surface area contributed by atoms with E-state index in [2.05, 4.69) is 10.6 Å². The van der Waals surface area contributed by atoms with Crippen LogP contribution >= 0.6 is 0 Å². The van der Waals surface area contributed by atoms with Gasteiger partial charge in [-0.15, -0.1) is 0 Å². The zero-order chi connectivity index (χ0) is 24.8. The molecule has 0 bridgehead atoms. The molecule has 0 spiro atoms. The predicted molar refractivity (Wildman–Crippen MR) is 132 cm³/mol. The first kappa shape index (κ1) is 23.7. The van der Waals surface area contributed by atoms with Crippen molar-refractivity contribution < 1.29 is 14.0 Å². The van der Waals surface area contributed by atoms with E-state index in [1.807, 2.05) is 19.1 Å². The Hall–Kier alpha value is -4.40. The zero-order valence-corrected chi connectivity index (χ0v) is 19.3. The molecule has 4 aromatic rings. The highest BCUT2D eigenvalue weighted by atomic mass is 16.3. The molecule has 2 N–H and O–H groups in total. The largest absolute Gasteiger partial charge is 0.467 e. The molecule has 0 saturated heterocycles. The van der Waals surface area contributed by atoms with E-state index in [1.54, 1.807) is 48.5 Å². The van der Waals surface area contributed by atoms with Crippen molar-refractivity contribution in [3.05, 3.63) is 99.1 Å². The van der Waals surface area contributed by atoms with Crippen molar-refractivity contribution in [3.8, 4) is 0 Å². The van der Waals surface area contributed by atoms with Crippen LogP contribution in [-0.4, -0.2) is 20.9 Å². The van der Waals surface area contributed by atoms with Gasteiger partial charge in [0, 0.05) is 18.7 Å². The Labute approximate surface area is 201 Å². The van der Waals surface area contributed by atoms with Crippen LogP contribution in [0.2, 0.25) is 0 Å². The summed E-state index contributed by atoms with van der Waals surface area (Å²) >= 11 is 0. The standard InChI is InChI=1S/C26H26N4O5/c1-2-18-9-11-19(12-10-18)28-24(32)17-30-22-8-4-3-7-21(22)25(33)29(26(30)34)14-13-23(31)27-16-20-6-5-15-35-20/h3-12,15H,2,13-14,16-17H2,1H3,(H,27,31)(H,28,32). The number of nitrogens with one attached hydrogen (secondary N) is 2. The molecule has 9 nitrogen and oxygen atoms in total. The third-order valence-corrected chi connectivity index (χ3v) is 5.68. The van der Waals surface area contributed by atoms with Gasteiger partial charge in [-0.1, -0.05) is 31.2 Å². The Morgan fingerprint density at radius 1 is 0.914 bits per heavy atom. The average Bonchev–Trinajstić information content (AvgIpc) is 3.39. The fraction of sp³-hybridized carbons (Fsp3) is 0.231. The van der Waals surface area contributed by atoms with Crippen molar-refractivity contribution in [2.45, 2.75) is 39.4 Å². The lowest BCUT2D eigenvalue weighted by molar-refractivity contribution is -0.121. The van der Waals surface area contributed by atoms with E-state index in [4.69, 9.17) is 4.42 Å². The van der Waals surface area contributed by atoms with Crippen molar-refractivity contribution in [2.75, 3.05) is 5.32 Å². The molecule has 2 aromatic heterocycles. The monoisotopic (exact) mass is 474 g/mol. The van der Waals surface area contributed by atoms with E-state index in [9.17, 15) is 19.2 Å². The van der Waals surface area contributed by atoms with Gasteiger partial charge in [0.2, 0.25) is 11.8 Å². The molecule has 2 amide bonds. The Kier molecular flexibility index (Phi) is 7.25. The van der Waals surface area contributed by atoms with Gasteiger partial charge in [0.15, 0.2) is 0 Å². The molecule has 2 aromatic carbocycles. The molecule has 4 rings (SSSR count). The molecule has 0 saturated carbocycles. The summed E-state index contributed by atoms with van der Waals surface area (Å²) in [5.74, 6) is -0.137. The lowest BCUT2D eigenvalue weighted by atomic mass is 10.1. The highest BCUT2D eigenvalue weighted by molar-refractivity contribution is 5.91. The predicted octanol–water partition coefficient (Wildman–Crippen LogP) is 2.66. The molecular weight excluding hydrogens is 448 g/mol. The lowest BCUT2D eigenvalue weighted by Gasteiger charge is -2.14. The minimum absolute atomic E-state index is 0.0792. The number of carbonyl (C=O) groups excluding carboxylic acids is 2. The lowest BCUT2D eigenvalue weighted by Crippen LogP contribution is -2.42. The van der Waals surface area contributed by atoms with Crippen LogP contribution in [0.15, 0.2) is 80.9 Å². The van der Waals surface area contributed by atoms with Gasteiger partial charge in [0.05, 0.1) is 23.7 Å². The number of aromatic nitrogens is 2. The van der Waals surface area contributed by atoms with E-state index < -0.39 is 17.2 Å². The van der Waals surface area contributed by atoms with Crippen molar-refractivity contribution in [1.82, 2.24) is 14.5 Å². The molecule has 2 heterocycles.